The molecule has 1 amide bonds. The van der Waals surface area contributed by atoms with Crippen LogP contribution in [0.3, 0.4) is 0 Å². The summed E-state index contributed by atoms with van der Waals surface area (Å²) in [6.45, 7) is 0.552. The first-order valence-corrected chi connectivity index (χ1v) is 7.82. The molecular weight excluding hydrogens is 282 g/mol. The van der Waals surface area contributed by atoms with Crippen molar-refractivity contribution in [3.8, 4) is 0 Å². The largest absolute Gasteiger partial charge is 0.481 e. The standard InChI is InChI=1S/C17H23NO4/c19-16(10-5-11-17(20)21)18-14-8-4-9-15(14)22-12-13-6-2-1-3-7-13/h1-3,6-7,14-15H,4-5,8-12H2,(H,18,19)(H,20,21). The van der Waals surface area contributed by atoms with Crippen LogP contribution in [0.4, 0.5) is 0 Å². The van der Waals surface area contributed by atoms with Gasteiger partial charge in [-0.15, -0.1) is 0 Å². The van der Waals surface area contributed by atoms with E-state index in [1.807, 2.05) is 30.3 Å². The van der Waals surface area contributed by atoms with Gasteiger partial charge in [0, 0.05) is 12.8 Å². The van der Waals surface area contributed by atoms with Crippen LogP contribution in [0.25, 0.3) is 0 Å². The van der Waals surface area contributed by atoms with Crippen molar-refractivity contribution in [2.45, 2.75) is 57.3 Å². The maximum Gasteiger partial charge on any atom is 0.303 e. The summed E-state index contributed by atoms with van der Waals surface area (Å²) in [5.41, 5.74) is 1.13. The Kier molecular flexibility index (Phi) is 6.40. The van der Waals surface area contributed by atoms with Crippen LogP contribution in [0.2, 0.25) is 0 Å². The number of nitrogens with one attached hydrogen (secondary N) is 1. The lowest BCUT2D eigenvalue weighted by Crippen LogP contribution is -2.41. The van der Waals surface area contributed by atoms with Crippen LogP contribution in [-0.2, 0) is 20.9 Å². The fourth-order valence-electron chi connectivity index (χ4n) is 2.75. The molecule has 0 radical (unpaired) electrons. The molecule has 1 aliphatic carbocycles. The van der Waals surface area contributed by atoms with E-state index in [1.54, 1.807) is 0 Å². The van der Waals surface area contributed by atoms with Crippen LogP contribution in [0.15, 0.2) is 30.3 Å². The topological polar surface area (TPSA) is 75.6 Å². The van der Waals surface area contributed by atoms with Crippen molar-refractivity contribution in [2.24, 2.45) is 0 Å². The fourth-order valence-corrected chi connectivity index (χ4v) is 2.75. The monoisotopic (exact) mass is 305 g/mol. The van der Waals surface area contributed by atoms with E-state index in [0.29, 0.717) is 13.0 Å². The van der Waals surface area contributed by atoms with E-state index in [-0.39, 0.29) is 30.9 Å². The Morgan fingerprint density at radius 1 is 1.18 bits per heavy atom. The molecule has 0 aliphatic heterocycles. The second-order valence-corrected chi connectivity index (χ2v) is 5.69. The lowest BCUT2D eigenvalue weighted by molar-refractivity contribution is -0.137. The van der Waals surface area contributed by atoms with E-state index in [0.717, 1.165) is 24.8 Å². The first kappa shape index (κ1) is 16.5. The second-order valence-electron chi connectivity index (χ2n) is 5.69. The second kappa shape index (κ2) is 8.54. The molecule has 1 aromatic carbocycles. The SMILES string of the molecule is O=C(O)CCCC(=O)NC1CCCC1OCc1ccccc1. The molecule has 2 unspecified atom stereocenters. The highest BCUT2D eigenvalue weighted by atomic mass is 16.5. The predicted molar refractivity (Wildman–Crippen MR) is 82.3 cm³/mol. The Balaban J connectivity index is 1.73. The summed E-state index contributed by atoms with van der Waals surface area (Å²) in [5, 5.41) is 11.6. The first-order chi connectivity index (χ1) is 10.6. The van der Waals surface area contributed by atoms with Gasteiger partial charge in [-0.05, 0) is 31.2 Å². The van der Waals surface area contributed by atoms with Gasteiger partial charge in [0.1, 0.15) is 0 Å². The van der Waals surface area contributed by atoms with Crippen LogP contribution in [0, 0.1) is 0 Å². The average molecular weight is 305 g/mol. The summed E-state index contributed by atoms with van der Waals surface area (Å²) in [7, 11) is 0. The van der Waals surface area contributed by atoms with Gasteiger partial charge in [0.05, 0.1) is 18.8 Å². The summed E-state index contributed by atoms with van der Waals surface area (Å²) in [6, 6.07) is 10.0. The maximum absolute atomic E-state index is 11.8. The molecule has 22 heavy (non-hydrogen) atoms. The molecular formula is C17H23NO4. The quantitative estimate of drug-likeness (QED) is 0.773. The van der Waals surface area contributed by atoms with Gasteiger partial charge in [0.25, 0.3) is 0 Å². The summed E-state index contributed by atoms with van der Waals surface area (Å²) in [4.78, 5) is 22.3. The van der Waals surface area contributed by atoms with Crippen molar-refractivity contribution in [1.29, 1.82) is 0 Å². The van der Waals surface area contributed by atoms with Gasteiger partial charge in [0.15, 0.2) is 0 Å². The van der Waals surface area contributed by atoms with E-state index in [9.17, 15) is 9.59 Å². The highest BCUT2D eigenvalue weighted by Gasteiger charge is 2.29. The van der Waals surface area contributed by atoms with Crippen LogP contribution >= 0.6 is 0 Å². The molecule has 2 N–H and O–H groups in total. The molecule has 0 saturated heterocycles. The highest BCUT2D eigenvalue weighted by Crippen LogP contribution is 2.23. The number of carboxylic acids is 1. The van der Waals surface area contributed by atoms with Crippen molar-refractivity contribution in [1.82, 2.24) is 5.32 Å². The third-order valence-corrected chi connectivity index (χ3v) is 3.90. The number of benzene rings is 1. The first-order valence-electron chi connectivity index (χ1n) is 7.82. The molecule has 1 aromatic rings. The van der Waals surface area contributed by atoms with E-state index in [1.165, 1.54) is 0 Å². The molecule has 0 heterocycles. The Morgan fingerprint density at radius 3 is 2.68 bits per heavy atom. The van der Waals surface area contributed by atoms with Gasteiger partial charge in [0.2, 0.25) is 5.91 Å². The van der Waals surface area contributed by atoms with Gasteiger partial charge in [-0.2, -0.15) is 0 Å². The molecule has 5 heteroatoms. The molecule has 1 aliphatic rings. The van der Waals surface area contributed by atoms with Crippen molar-refractivity contribution in [3.63, 3.8) is 0 Å². The number of aliphatic carboxylic acids is 1. The summed E-state index contributed by atoms with van der Waals surface area (Å²) in [6.07, 6.45) is 3.63. The zero-order chi connectivity index (χ0) is 15.8. The maximum atomic E-state index is 11.8. The van der Waals surface area contributed by atoms with Crippen LogP contribution < -0.4 is 5.32 Å². The smallest absolute Gasteiger partial charge is 0.303 e. The highest BCUT2D eigenvalue weighted by molar-refractivity contribution is 5.77. The van der Waals surface area contributed by atoms with Gasteiger partial charge < -0.3 is 15.2 Å². The molecule has 120 valence electrons. The summed E-state index contributed by atoms with van der Waals surface area (Å²) in [5.74, 6) is -0.945. The minimum atomic E-state index is -0.863. The number of carbonyl (C=O) groups excluding carboxylic acids is 1. The molecule has 2 atom stereocenters. The van der Waals surface area contributed by atoms with Crippen molar-refractivity contribution < 1.29 is 19.4 Å². The minimum absolute atomic E-state index is 0.0338. The van der Waals surface area contributed by atoms with Gasteiger partial charge >= 0.3 is 5.97 Å². The molecule has 0 bridgehead atoms. The number of rotatable bonds is 8. The van der Waals surface area contributed by atoms with Gasteiger partial charge in [-0.25, -0.2) is 0 Å². The molecule has 1 fully saturated rings. The number of ether oxygens (including phenoxy) is 1. The molecule has 0 aromatic heterocycles. The average Bonchev–Trinajstić information content (AvgIpc) is 2.93. The normalized spacial score (nSPS) is 20.7. The lowest BCUT2D eigenvalue weighted by Gasteiger charge is -2.21. The summed E-state index contributed by atoms with van der Waals surface area (Å²) >= 11 is 0. The van der Waals surface area contributed by atoms with Gasteiger partial charge in [-0.3, -0.25) is 9.59 Å². The number of carbonyl (C=O) groups is 2. The molecule has 1 saturated carbocycles. The van der Waals surface area contributed by atoms with Gasteiger partial charge in [-0.1, -0.05) is 30.3 Å². The van der Waals surface area contributed by atoms with E-state index < -0.39 is 5.97 Å². The summed E-state index contributed by atoms with van der Waals surface area (Å²) < 4.78 is 5.94. The Morgan fingerprint density at radius 2 is 1.95 bits per heavy atom. The van der Waals surface area contributed by atoms with E-state index in [2.05, 4.69) is 5.32 Å². The molecule has 2 rings (SSSR count). The Hall–Kier alpha value is -1.88. The van der Waals surface area contributed by atoms with Crippen LogP contribution in [0.5, 0.6) is 0 Å². The number of amides is 1. The third kappa shape index (κ3) is 5.48. The number of hydrogen-bond acceptors (Lipinski definition) is 3. The lowest BCUT2D eigenvalue weighted by atomic mass is 10.1. The molecule has 5 nitrogen and oxygen atoms in total. The third-order valence-electron chi connectivity index (χ3n) is 3.90. The Bertz CT molecular complexity index is 489. The fraction of sp³-hybridized carbons (Fsp3) is 0.529. The molecule has 0 spiro atoms. The minimum Gasteiger partial charge on any atom is -0.481 e. The van der Waals surface area contributed by atoms with Crippen molar-refractivity contribution >= 4 is 11.9 Å². The van der Waals surface area contributed by atoms with Crippen LogP contribution in [0.1, 0.15) is 44.1 Å². The van der Waals surface area contributed by atoms with Crippen molar-refractivity contribution in [2.75, 3.05) is 0 Å². The van der Waals surface area contributed by atoms with Crippen LogP contribution in [-0.4, -0.2) is 29.1 Å². The number of hydrogen-bond donors (Lipinski definition) is 2. The Labute approximate surface area is 130 Å². The zero-order valence-corrected chi connectivity index (χ0v) is 12.7. The number of carboxylic acid groups (broad SMARTS) is 1. The van der Waals surface area contributed by atoms with E-state index in [4.69, 9.17) is 9.84 Å². The predicted octanol–water partition coefficient (Wildman–Crippen LogP) is 2.50. The van der Waals surface area contributed by atoms with E-state index >= 15 is 0 Å². The van der Waals surface area contributed by atoms with Crippen molar-refractivity contribution in [3.05, 3.63) is 35.9 Å². The zero-order valence-electron chi connectivity index (χ0n) is 12.7.